The van der Waals surface area contributed by atoms with Gasteiger partial charge in [0.15, 0.2) is 0 Å². The fourth-order valence-corrected chi connectivity index (χ4v) is 3.07. The molecule has 0 aliphatic carbocycles. The van der Waals surface area contributed by atoms with E-state index >= 15 is 0 Å². The average Bonchev–Trinajstić information content (AvgIpc) is 2.69. The largest absolute Gasteiger partial charge is 0.481 e. The summed E-state index contributed by atoms with van der Waals surface area (Å²) in [5, 5.41) is 16.7. The Hall–Kier alpha value is -1.63. The highest BCUT2D eigenvalue weighted by molar-refractivity contribution is 5.76. The van der Waals surface area contributed by atoms with Gasteiger partial charge in [0.25, 0.3) is 0 Å². The fourth-order valence-electron chi connectivity index (χ4n) is 3.07. The maximum absolute atomic E-state index is 10.3. The number of carboxylic acid groups (broad SMARTS) is 2. The fraction of sp³-hybridized carbons (Fsp3) is 0.870. The van der Waals surface area contributed by atoms with E-state index in [-0.39, 0.29) is 12.8 Å². The van der Waals surface area contributed by atoms with E-state index in [0.29, 0.717) is 6.42 Å². The molecule has 6 N–H and O–H groups in total. The molecule has 1 atom stereocenters. The number of rotatable bonds is 20. The van der Waals surface area contributed by atoms with Gasteiger partial charge in [0.1, 0.15) is 6.04 Å². The average molecular weight is 431 g/mol. The molecule has 0 heterocycles. The minimum absolute atomic E-state index is 0.0213. The number of carboxylic acids is 2. The Balaban J connectivity index is 0. The van der Waals surface area contributed by atoms with Crippen LogP contribution in [0.4, 0.5) is 0 Å². The molecule has 0 spiro atoms. The molecule has 0 saturated heterocycles. The van der Waals surface area contributed by atoms with Gasteiger partial charge in [0.2, 0.25) is 5.91 Å². The molecule has 0 fully saturated rings. The lowest BCUT2D eigenvalue weighted by Gasteiger charge is -2.03. The molecule has 0 aromatic heterocycles. The van der Waals surface area contributed by atoms with Crippen molar-refractivity contribution in [1.82, 2.24) is 0 Å². The van der Waals surface area contributed by atoms with E-state index in [1.54, 1.807) is 0 Å². The topological polar surface area (TPSA) is 144 Å². The molecule has 0 aliphatic heterocycles. The van der Waals surface area contributed by atoms with Gasteiger partial charge in [-0.2, -0.15) is 0 Å². The molecule has 7 heteroatoms. The molecule has 0 saturated carbocycles. The SMILES string of the molecule is CCCCCCCCCCCCCCCCCC(=O)O.NC(=O)CC[C@H](N)C(=O)O. The second-order valence-electron chi connectivity index (χ2n) is 8.04. The summed E-state index contributed by atoms with van der Waals surface area (Å²) in [6.07, 6.45) is 20.3. The van der Waals surface area contributed by atoms with Gasteiger partial charge in [-0.05, 0) is 12.8 Å². The Morgan fingerprint density at radius 1 is 0.667 bits per heavy atom. The number of aliphatic carboxylic acids is 2. The molecule has 0 aromatic carbocycles. The lowest BCUT2D eigenvalue weighted by atomic mass is 10.0. The van der Waals surface area contributed by atoms with Crippen LogP contribution in [0.15, 0.2) is 0 Å². The van der Waals surface area contributed by atoms with E-state index in [1.165, 1.54) is 83.5 Å². The molecular formula is C23H46N2O5. The number of carbonyl (C=O) groups excluding carboxylic acids is 1. The van der Waals surface area contributed by atoms with Crippen molar-refractivity contribution in [3.63, 3.8) is 0 Å². The first-order valence-electron chi connectivity index (χ1n) is 11.8. The summed E-state index contributed by atoms with van der Waals surface area (Å²) in [5.41, 5.74) is 9.81. The highest BCUT2D eigenvalue weighted by Gasteiger charge is 2.11. The zero-order chi connectivity index (χ0) is 23.0. The van der Waals surface area contributed by atoms with Crippen molar-refractivity contribution >= 4 is 17.8 Å². The quantitative estimate of drug-likeness (QED) is 0.200. The van der Waals surface area contributed by atoms with E-state index in [0.717, 1.165) is 12.8 Å². The first-order chi connectivity index (χ1) is 14.3. The molecule has 0 bridgehead atoms. The summed E-state index contributed by atoms with van der Waals surface area (Å²) < 4.78 is 0. The number of nitrogens with two attached hydrogens (primary N) is 2. The van der Waals surface area contributed by atoms with Gasteiger partial charge >= 0.3 is 11.9 Å². The molecule has 1 amide bonds. The maximum Gasteiger partial charge on any atom is 0.320 e. The molecule has 30 heavy (non-hydrogen) atoms. The van der Waals surface area contributed by atoms with E-state index in [1.807, 2.05) is 0 Å². The number of primary amides is 1. The van der Waals surface area contributed by atoms with Crippen molar-refractivity contribution in [2.75, 3.05) is 0 Å². The smallest absolute Gasteiger partial charge is 0.320 e. The highest BCUT2D eigenvalue weighted by atomic mass is 16.4. The van der Waals surface area contributed by atoms with E-state index in [2.05, 4.69) is 6.92 Å². The summed E-state index contributed by atoms with van der Waals surface area (Å²) in [7, 11) is 0. The number of amides is 1. The number of hydrogen-bond donors (Lipinski definition) is 4. The highest BCUT2D eigenvalue weighted by Crippen LogP contribution is 2.13. The summed E-state index contributed by atoms with van der Waals surface area (Å²) in [5.74, 6) is -2.29. The second kappa shape index (κ2) is 23.6. The van der Waals surface area contributed by atoms with Gasteiger partial charge in [0.05, 0.1) is 0 Å². The Morgan fingerprint density at radius 3 is 1.33 bits per heavy atom. The van der Waals surface area contributed by atoms with Gasteiger partial charge in [-0.15, -0.1) is 0 Å². The lowest BCUT2D eigenvalue weighted by Crippen LogP contribution is -2.31. The normalized spacial score (nSPS) is 11.4. The summed E-state index contributed by atoms with van der Waals surface area (Å²) >= 11 is 0. The molecule has 0 aliphatic rings. The molecule has 7 nitrogen and oxygen atoms in total. The predicted molar refractivity (Wildman–Crippen MR) is 121 cm³/mol. The van der Waals surface area contributed by atoms with Crippen molar-refractivity contribution in [2.24, 2.45) is 11.5 Å². The minimum atomic E-state index is -1.11. The van der Waals surface area contributed by atoms with Crippen molar-refractivity contribution in [2.45, 2.75) is 129 Å². The zero-order valence-electron chi connectivity index (χ0n) is 19.1. The Bertz CT molecular complexity index is 430. The number of hydrogen-bond acceptors (Lipinski definition) is 4. The third-order valence-electron chi connectivity index (χ3n) is 5.01. The van der Waals surface area contributed by atoms with Crippen LogP contribution in [0.3, 0.4) is 0 Å². The first kappa shape index (κ1) is 30.6. The Morgan fingerprint density at radius 2 is 1.03 bits per heavy atom. The molecule has 178 valence electrons. The lowest BCUT2D eigenvalue weighted by molar-refractivity contribution is -0.139. The zero-order valence-corrected chi connectivity index (χ0v) is 19.1. The standard InChI is InChI=1S/C18H36O2.C5H10N2O3/c1-2-3-4-5-6-7-8-9-10-11-12-13-14-15-16-17-18(19)20;6-3(5(9)10)1-2-4(7)8/h2-17H2,1H3,(H,19,20);3H,1-2,6H2,(H2,7,8)(H,9,10)/t;3-/m.0/s1. The van der Waals surface area contributed by atoms with Crippen LogP contribution in [0.5, 0.6) is 0 Å². The monoisotopic (exact) mass is 430 g/mol. The summed E-state index contributed by atoms with van der Waals surface area (Å²) in [4.78, 5) is 30.5. The van der Waals surface area contributed by atoms with Gasteiger partial charge < -0.3 is 21.7 Å². The van der Waals surface area contributed by atoms with Crippen LogP contribution in [0.25, 0.3) is 0 Å². The van der Waals surface area contributed by atoms with Crippen molar-refractivity contribution in [3.8, 4) is 0 Å². The van der Waals surface area contributed by atoms with Gasteiger partial charge in [-0.25, -0.2) is 0 Å². The second-order valence-corrected chi connectivity index (χ2v) is 8.04. The molecule has 0 unspecified atom stereocenters. The van der Waals surface area contributed by atoms with E-state index in [9.17, 15) is 14.4 Å². The summed E-state index contributed by atoms with van der Waals surface area (Å²) in [6.45, 7) is 2.27. The molecular weight excluding hydrogens is 384 g/mol. The van der Waals surface area contributed by atoms with Crippen molar-refractivity contribution in [3.05, 3.63) is 0 Å². The van der Waals surface area contributed by atoms with Crippen LogP contribution in [0.2, 0.25) is 0 Å². The number of unbranched alkanes of at least 4 members (excludes halogenated alkanes) is 14. The first-order valence-corrected chi connectivity index (χ1v) is 11.8. The Kier molecular flexibility index (Phi) is 24.1. The van der Waals surface area contributed by atoms with Crippen LogP contribution >= 0.6 is 0 Å². The van der Waals surface area contributed by atoms with Crippen LogP contribution in [-0.2, 0) is 14.4 Å². The Labute approximate surface area is 183 Å². The van der Waals surface area contributed by atoms with Crippen LogP contribution in [-0.4, -0.2) is 34.1 Å². The summed E-state index contributed by atoms with van der Waals surface area (Å²) in [6, 6.07) is -0.979. The van der Waals surface area contributed by atoms with Gasteiger partial charge in [-0.1, -0.05) is 96.8 Å². The number of carbonyl (C=O) groups is 3. The molecule has 0 radical (unpaired) electrons. The predicted octanol–water partition coefficient (Wildman–Crippen LogP) is 5.00. The minimum Gasteiger partial charge on any atom is -0.481 e. The van der Waals surface area contributed by atoms with Crippen LogP contribution < -0.4 is 11.5 Å². The van der Waals surface area contributed by atoms with E-state index in [4.69, 9.17) is 21.7 Å². The van der Waals surface area contributed by atoms with Crippen molar-refractivity contribution in [1.29, 1.82) is 0 Å². The van der Waals surface area contributed by atoms with Crippen LogP contribution in [0.1, 0.15) is 122 Å². The molecule has 0 aromatic rings. The van der Waals surface area contributed by atoms with E-state index < -0.39 is 23.9 Å². The third-order valence-corrected chi connectivity index (χ3v) is 5.01. The van der Waals surface area contributed by atoms with Crippen molar-refractivity contribution < 1.29 is 24.6 Å². The molecule has 0 rings (SSSR count). The van der Waals surface area contributed by atoms with Gasteiger partial charge in [0, 0.05) is 12.8 Å². The van der Waals surface area contributed by atoms with Gasteiger partial charge in [-0.3, -0.25) is 14.4 Å². The third kappa shape index (κ3) is 28.6. The van der Waals surface area contributed by atoms with Crippen LogP contribution in [0, 0.1) is 0 Å². The maximum atomic E-state index is 10.3.